The zero-order chi connectivity index (χ0) is 14.8. The molecule has 4 nitrogen and oxygen atoms in total. The summed E-state index contributed by atoms with van der Waals surface area (Å²) in [5, 5.41) is 7.38. The Hall–Kier alpha value is -2.14. The lowest BCUT2D eigenvalue weighted by Crippen LogP contribution is -2.02. The number of nitrogens with zero attached hydrogens (tertiary/aromatic N) is 2. The molecule has 0 saturated carbocycles. The van der Waals surface area contributed by atoms with Gasteiger partial charge in [-0.05, 0) is 52.7 Å². The summed E-state index contributed by atoms with van der Waals surface area (Å²) in [4.78, 5) is 8.99. The van der Waals surface area contributed by atoms with Gasteiger partial charge in [0, 0.05) is 16.9 Å². The van der Waals surface area contributed by atoms with Gasteiger partial charge in [0.2, 0.25) is 5.95 Å². The molecule has 0 radical (unpaired) electrons. The molecule has 0 aliphatic carbocycles. The summed E-state index contributed by atoms with van der Waals surface area (Å²) >= 11 is 3.57. The monoisotopic (exact) mass is 342 g/mol. The molecule has 3 aromatic rings. The summed E-state index contributed by atoms with van der Waals surface area (Å²) in [5.74, 6) is 1.39. The third-order valence-corrected chi connectivity index (χ3v) is 3.89. The van der Waals surface area contributed by atoms with Crippen molar-refractivity contribution in [2.24, 2.45) is 0 Å². The fraction of sp³-hybridized carbons (Fsp3) is 0.125. The molecule has 1 aromatic heterocycles. The van der Waals surface area contributed by atoms with Crippen molar-refractivity contribution in [3.63, 3.8) is 0 Å². The summed E-state index contributed by atoms with van der Waals surface area (Å²) in [6, 6.07) is 14.1. The molecule has 0 fully saturated rings. The number of anilines is 3. The van der Waals surface area contributed by atoms with Crippen LogP contribution in [-0.2, 0) is 0 Å². The molecule has 1 heterocycles. The topological polar surface area (TPSA) is 49.8 Å². The van der Waals surface area contributed by atoms with Crippen molar-refractivity contribution in [1.29, 1.82) is 0 Å². The molecule has 106 valence electrons. The van der Waals surface area contributed by atoms with Gasteiger partial charge in [-0.3, -0.25) is 0 Å². The molecule has 3 rings (SSSR count). The van der Waals surface area contributed by atoms with Gasteiger partial charge in [0.25, 0.3) is 0 Å². The second-order valence-corrected chi connectivity index (χ2v) is 5.63. The van der Waals surface area contributed by atoms with Crippen LogP contribution in [0.3, 0.4) is 0 Å². The Bertz CT molecular complexity index is 801. The van der Waals surface area contributed by atoms with Gasteiger partial charge in [-0.15, -0.1) is 0 Å². The molecular formula is C16H15BrN4. The molecule has 2 N–H and O–H groups in total. The first-order valence-electron chi connectivity index (χ1n) is 6.65. The quantitative estimate of drug-likeness (QED) is 0.736. The van der Waals surface area contributed by atoms with E-state index in [0.29, 0.717) is 5.95 Å². The fourth-order valence-corrected chi connectivity index (χ4v) is 2.49. The zero-order valence-electron chi connectivity index (χ0n) is 11.8. The number of rotatable bonds is 3. The molecule has 5 heteroatoms. The summed E-state index contributed by atoms with van der Waals surface area (Å²) in [7, 11) is 1.82. The van der Waals surface area contributed by atoms with Gasteiger partial charge in [0.15, 0.2) is 0 Å². The second-order valence-electron chi connectivity index (χ2n) is 4.77. The molecule has 0 bridgehead atoms. The highest BCUT2D eigenvalue weighted by atomic mass is 79.9. The van der Waals surface area contributed by atoms with Crippen LogP contribution in [0.2, 0.25) is 0 Å². The average molecular weight is 343 g/mol. The number of halogens is 1. The molecule has 0 aliphatic rings. The minimum Gasteiger partial charge on any atom is -0.357 e. The Labute approximate surface area is 131 Å². The van der Waals surface area contributed by atoms with Crippen molar-refractivity contribution in [2.75, 3.05) is 17.7 Å². The highest BCUT2D eigenvalue weighted by Crippen LogP contribution is 2.29. The van der Waals surface area contributed by atoms with Crippen LogP contribution in [0, 0.1) is 6.92 Å². The predicted octanol–water partition coefficient (Wildman–Crippen LogP) is 4.49. The van der Waals surface area contributed by atoms with E-state index in [-0.39, 0.29) is 0 Å². The number of aromatic nitrogens is 2. The van der Waals surface area contributed by atoms with Gasteiger partial charge in [0.1, 0.15) is 5.82 Å². The van der Waals surface area contributed by atoms with Crippen LogP contribution in [0.4, 0.5) is 17.5 Å². The van der Waals surface area contributed by atoms with E-state index in [0.717, 1.165) is 26.9 Å². The van der Waals surface area contributed by atoms with E-state index in [1.165, 1.54) is 5.56 Å². The van der Waals surface area contributed by atoms with Crippen molar-refractivity contribution in [3.05, 3.63) is 52.5 Å². The molecule has 2 aromatic carbocycles. The van der Waals surface area contributed by atoms with E-state index in [4.69, 9.17) is 0 Å². The minimum atomic E-state index is 0.597. The van der Waals surface area contributed by atoms with E-state index in [9.17, 15) is 0 Å². The number of nitrogens with one attached hydrogen (secondary N) is 2. The maximum Gasteiger partial charge on any atom is 0.224 e. The molecular weight excluding hydrogens is 328 g/mol. The third-order valence-electron chi connectivity index (χ3n) is 3.20. The van der Waals surface area contributed by atoms with Gasteiger partial charge < -0.3 is 10.6 Å². The lowest BCUT2D eigenvalue weighted by molar-refractivity contribution is 1.19. The maximum atomic E-state index is 4.53. The number of benzene rings is 2. The molecule has 0 atom stereocenters. The second kappa shape index (κ2) is 5.69. The smallest absolute Gasteiger partial charge is 0.224 e. The van der Waals surface area contributed by atoms with Crippen molar-refractivity contribution in [1.82, 2.24) is 9.97 Å². The van der Waals surface area contributed by atoms with Crippen molar-refractivity contribution in [3.8, 4) is 0 Å². The van der Waals surface area contributed by atoms with Gasteiger partial charge in [-0.1, -0.05) is 18.2 Å². The number of para-hydroxylation sites is 1. The minimum absolute atomic E-state index is 0.597. The van der Waals surface area contributed by atoms with Crippen LogP contribution in [0.25, 0.3) is 10.9 Å². The first-order chi connectivity index (χ1) is 10.2. The van der Waals surface area contributed by atoms with Crippen LogP contribution < -0.4 is 10.6 Å². The Balaban J connectivity index is 2.13. The number of hydrogen-bond donors (Lipinski definition) is 2. The largest absolute Gasteiger partial charge is 0.357 e. The first-order valence-corrected chi connectivity index (χ1v) is 7.44. The standard InChI is InChI=1S/C16H15BrN4/c1-10-7-8-12(17)14(9-10)19-15-11-5-3-4-6-13(11)20-16(18-2)21-15/h3-9H,1-2H3,(H2,18,19,20,21). The Kier molecular flexibility index (Phi) is 3.75. The van der Waals surface area contributed by atoms with E-state index < -0.39 is 0 Å². The molecule has 21 heavy (non-hydrogen) atoms. The zero-order valence-corrected chi connectivity index (χ0v) is 13.4. The Morgan fingerprint density at radius 3 is 2.67 bits per heavy atom. The van der Waals surface area contributed by atoms with Crippen LogP contribution in [0.15, 0.2) is 46.9 Å². The van der Waals surface area contributed by atoms with Crippen LogP contribution in [0.1, 0.15) is 5.56 Å². The van der Waals surface area contributed by atoms with Crippen molar-refractivity contribution >= 4 is 44.3 Å². The van der Waals surface area contributed by atoms with Gasteiger partial charge >= 0.3 is 0 Å². The summed E-state index contributed by atoms with van der Waals surface area (Å²) in [6.45, 7) is 2.06. The highest BCUT2D eigenvalue weighted by molar-refractivity contribution is 9.10. The first kappa shape index (κ1) is 13.8. The predicted molar refractivity (Wildman–Crippen MR) is 91.2 cm³/mol. The lowest BCUT2D eigenvalue weighted by Gasteiger charge is -2.12. The van der Waals surface area contributed by atoms with Gasteiger partial charge in [0.05, 0.1) is 11.2 Å². The third kappa shape index (κ3) is 2.83. The number of fused-ring (bicyclic) bond motifs is 1. The maximum absolute atomic E-state index is 4.53. The van der Waals surface area contributed by atoms with Crippen molar-refractivity contribution < 1.29 is 0 Å². The van der Waals surface area contributed by atoms with Gasteiger partial charge in [-0.2, -0.15) is 4.98 Å². The number of aryl methyl sites for hydroxylation is 1. The van der Waals surface area contributed by atoms with Crippen molar-refractivity contribution in [2.45, 2.75) is 6.92 Å². The van der Waals surface area contributed by atoms with E-state index >= 15 is 0 Å². The molecule has 0 unspecified atom stereocenters. The SMILES string of the molecule is CNc1nc(Nc2cc(C)ccc2Br)c2ccccc2n1. The molecule has 0 saturated heterocycles. The lowest BCUT2D eigenvalue weighted by atomic mass is 10.2. The Morgan fingerprint density at radius 1 is 1.05 bits per heavy atom. The van der Waals surface area contributed by atoms with E-state index in [1.54, 1.807) is 0 Å². The van der Waals surface area contributed by atoms with Crippen LogP contribution >= 0.6 is 15.9 Å². The molecule has 0 spiro atoms. The van der Waals surface area contributed by atoms with Gasteiger partial charge in [-0.25, -0.2) is 4.98 Å². The normalized spacial score (nSPS) is 10.6. The molecule has 0 amide bonds. The van der Waals surface area contributed by atoms with Crippen LogP contribution in [-0.4, -0.2) is 17.0 Å². The Morgan fingerprint density at radius 2 is 1.86 bits per heavy atom. The molecule has 0 aliphatic heterocycles. The summed E-state index contributed by atoms with van der Waals surface area (Å²) in [6.07, 6.45) is 0. The van der Waals surface area contributed by atoms with Crippen LogP contribution in [0.5, 0.6) is 0 Å². The summed E-state index contributed by atoms with van der Waals surface area (Å²) < 4.78 is 1.00. The van der Waals surface area contributed by atoms with E-state index in [2.05, 4.69) is 55.6 Å². The summed E-state index contributed by atoms with van der Waals surface area (Å²) in [5.41, 5.74) is 3.08. The average Bonchev–Trinajstić information content (AvgIpc) is 2.50. The number of hydrogen-bond acceptors (Lipinski definition) is 4. The highest BCUT2D eigenvalue weighted by Gasteiger charge is 2.08. The van der Waals surface area contributed by atoms with E-state index in [1.807, 2.05) is 37.4 Å². The fourth-order valence-electron chi connectivity index (χ4n) is 2.15.